The maximum Gasteiger partial charge on any atom is 0.225 e. The fourth-order valence-corrected chi connectivity index (χ4v) is 2.54. The second-order valence-electron chi connectivity index (χ2n) is 5.24. The Labute approximate surface area is 122 Å². The first-order valence-electron chi connectivity index (χ1n) is 6.90. The Bertz CT molecular complexity index is 605. The third-order valence-electron chi connectivity index (χ3n) is 3.88. The molecule has 0 spiro atoms. The maximum atomic E-state index is 12.2. The van der Waals surface area contributed by atoms with Crippen molar-refractivity contribution in [3.05, 3.63) is 35.7 Å². The van der Waals surface area contributed by atoms with E-state index in [2.05, 4.69) is 25.9 Å². The zero-order chi connectivity index (χ0) is 14.7. The molecule has 2 aromatic rings. The van der Waals surface area contributed by atoms with E-state index in [1.54, 1.807) is 7.11 Å². The molecular formula is C14H17N5O2. The number of hydrogen-bond acceptors (Lipinski definition) is 5. The molecule has 1 amide bonds. The van der Waals surface area contributed by atoms with Crippen LogP contribution in [-0.2, 0) is 16.8 Å². The van der Waals surface area contributed by atoms with Gasteiger partial charge in [-0.15, -0.1) is 10.2 Å². The van der Waals surface area contributed by atoms with E-state index in [1.807, 2.05) is 24.3 Å². The second-order valence-corrected chi connectivity index (χ2v) is 5.24. The number of hydrogen-bond donors (Lipinski definition) is 2. The summed E-state index contributed by atoms with van der Waals surface area (Å²) in [7, 11) is 1.62. The van der Waals surface area contributed by atoms with Crippen LogP contribution in [0.25, 0.3) is 0 Å². The van der Waals surface area contributed by atoms with Crippen LogP contribution in [-0.4, -0.2) is 33.6 Å². The number of aromatic nitrogens is 4. The van der Waals surface area contributed by atoms with E-state index in [-0.39, 0.29) is 5.91 Å². The molecule has 0 saturated heterocycles. The van der Waals surface area contributed by atoms with E-state index >= 15 is 0 Å². The minimum Gasteiger partial charge on any atom is -0.497 e. The number of nitrogens with one attached hydrogen (secondary N) is 2. The first kappa shape index (κ1) is 13.5. The molecule has 21 heavy (non-hydrogen) atoms. The highest BCUT2D eigenvalue weighted by Gasteiger charge is 2.43. The highest BCUT2D eigenvalue weighted by molar-refractivity contribution is 5.79. The Balaban J connectivity index is 1.65. The molecule has 1 aromatic carbocycles. The molecule has 1 saturated carbocycles. The van der Waals surface area contributed by atoms with E-state index < -0.39 is 5.54 Å². The lowest BCUT2D eigenvalue weighted by molar-refractivity contribution is -0.123. The van der Waals surface area contributed by atoms with Gasteiger partial charge in [0.05, 0.1) is 13.5 Å². The van der Waals surface area contributed by atoms with Gasteiger partial charge in [0.15, 0.2) is 5.82 Å². The minimum atomic E-state index is -0.448. The molecule has 0 radical (unpaired) electrons. The lowest BCUT2D eigenvalue weighted by Crippen LogP contribution is -2.52. The lowest BCUT2D eigenvalue weighted by atomic mass is 9.76. The zero-order valence-corrected chi connectivity index (χ0v) is 11.8. The summed E-state index contributed by atoms with van der Waals surface area (Å²) in [4.78, 5) is 12.2. The molecule has 7 nitrogen and oxygen atoms in total. The molecule has 1 aliphatic carbocycles. The number of ether oxygens (including phenoxy) is 1. The summed E-state index contributed by atoms with van der Waals surface area (Å²) >= 11 is 0. The Morgan fingerprint density at radius 3 is 2.67 bits per heavy atom. The largest absolute Gasteiger partial charge is 0.497 e. The third kappa shape index (κ3) is 2.72. The van der Waals surface area contributed by atoms with E-state index in [0.717, 1.165) is 30.6 Å². The Hall–Kier alpha value is -2.44. The summed E-state index contributed by atoms with van der Waals surface area (Å²) < 4.78 is 5.10. The lowest BCUT2D eigenvalue weighted by Gasteiger charge is -2.39. The smallest absolute Gasteiger partial charge is 0.225 e. The first-order chi connectivity index (χ1) is 10.2. The van der Waals surface area contributed by atoms with Crippen molar-refractivity contribution in [3.63, 3.8) is 0 Å². The van der Waals surface area contributed by atoms with Crippen LogP contribution in [0, 0.1) is 0 Å². The van der Waals surface area contributed by atoms with Crippen LogP contribution in [0.15, 0.2) is 24.3 Å². The average molecular weight is 287 g/mol. The van der Waals surface area contributed by atoms with Gasteiger partial charge in [0, 0.05) is 0 Å². The summed E-state index contributed by atoms with van der Waals surface area (Å²) in [5.41, 5.74) is 0.493. The number of nitrogens with zero attached hydrogens (tertiary/aromatic N) is 3. The number of methoxy groups -OCH3 is 1. The molecule has 110 valence electrons. The van der Waals surface area contributed by atoms with Crippen molar-refractivity contribution in [2.45, 2.75) is 31.2 Å². The van der Waals surface area contributed by atoms with Gasteiger partial charge in [-0.1, -0.05) is 17.3 Å². The Kier molecular flexibility index (Phi) is 3.55. The normalized spacial score (nSPS) is 16.0. The van der Waals surface area contributed by atoms with E-state index in [9.17, 15) is 4.79 Å². The van der Waals surface area contributed by atoms with Crippen molar-refractivity contribution in [3.8, 4) is 5.75 Å². The van der Waals surface area contributed by atoms with Crippen LogP contribution in [0.1, 0.15) is 30.7 Å². The molecule has 0 bridgehead atoms. The van der Waals surface area contributed by atoms with Crippen molar-refractivity contribution >= 4 is 5.91 Å². The van der Waals surface area contributed by atoms with Crippen LogP contribution < -0.4 is 10.1 Å². The van der Waals surface area contributed by atoms with E-state index in [0.29, 0.717) is 12.2 Å². The molecular weight excluding hydrogens is 270 g/mol. The minimum absolute atomic E-state index is 0.0373. The van der Waals surface area contributed by atoms with Gasteiger partial charge in [0.2, 0.25) is 5.91 Å². The van der Waals surface area contributed by atoms with Crippen LogP contribution in [0.4, 0.5) is 0 Å². The van der Waals surface area contributed by atoms with Gasteiger partial charge in [0.1, 0.15) is 11.3 Å². The molecule has 1 fully saturated rings. The fourth-order valence-electron chi connectivity index (χ4n) is 2.54. The van der Waals surface area contributed by atoms with E-state index in [1.165, 1.54) is 0 Å². The summed E-state index contributed by atoms with van der Waals surface area (Å²) in [5, 5.41) is 17.1. The maximum absolute atomic E-state index is 12.2. The Morgan fingerprint density at radius 1 is 1.38 bits per heavy atom. The van der Waals surface area contributed by atoms with Gasteiger partial charge in [-0.05, 0) is 37.0 Å². The van der Waals surface area contributed by atoms with Gasteiger partial charge in [-0.3, -0.25) is 4.79 Å². The molecule has 1 aliphatic rings. The van der Waals surface area contributed by atoms with Gasteiger partial charge in [-0.25, -0.2) is 0 Å². The molecule has 0 atom stereocenters. The quantitative estimate of drug-likeness (QED) is 0.854. The number of amides is 1. The topological polar surface area (TPSA) is 92.8 Å². The summed E-state index contributed by atoms with van der Waals surface area (Å²) in [5.74, 6) is 1.31. The molecule has 1 aromatic heterocycles. The molecule has 0 aliphatic heterocycles. The highest BCUT2D eigenvalue weighted by Crippen LogP contribution is 2.39. The number of carbonyl (C=O) groups excluding carboxylic acids is 1. The predicted octanol–water partition coefficient (Wildman–Crippen LogP) is 0.946. The highest BCUT2D eigenvalue weighted by atomic mass is 16.5. The number of tetrazole rings is 1. The second kappa shape index (κ2) is 5.51. The van der Waals surface area contributed by atoms with Crippen LogP contribution >= 0.6 is 0 Å². The van der Waals surface area contributed by atoms with Gasteiger partial charge in [0.25, 0.3) is 0 Å². The third-order valence-corrected chi connectivity index (χ3v) is 3.88. The predicted molar refractivity (Wildman–Crippen MR) is 74.5 cm³/mol. The zero-order valence-electron chi connectivity index (χ0n) is 11.8. The SMILES string of the molecule is COc1ccc(CC(=O)NC2(c3nn[nH]n3)CCC2)cc1. The van der Waals surface area contributed by atoms with E-state index in [4.69, 9.17) is 4.74 Å². The molecule has 0 unspecified atom stereocenters. The first-order valence-corrected chi connectivity index (χ1v) is 6.90. The number of aromatic amines is 1. The standard InChI is InChI=1S/C14H17N5O2/c1-21-11-5-3-10(4-6-11)9-12(20)15-14(7-2-8-14)13-16-18-19-17-13/h3-6H,2,7-9H2,1H3,(H,15,20)(H,16,17,18,19). The van der Waals surface area contributed by atoms with Crippen molar-refractivity contribution in [1.29, 1.82) is 0 Å². The van der Waals surface area contributed by atoms with Crippen molar-refractivity contribution < 1.29 is 9.53 Å². The number of H-pyrrole nitrogens is 1. The van der Waals surface area contributed by atoms with Gasteiger partial charge in [-0.2, -0.15) is 5.21 Å². The average Bonchev–Trinajstić information content (AvgIpc) is 2.98. The van der Waals surface area contributed by atoms with Crippen LogP contribution in [0.2, 0.25) is 0 Å². The van der Waals surface area contributed by atoms with Crippen LogP contribution in [0.3, 0.4) is 0 Å². The monoisotopic (exact) mass is 287 g/mol. The summed E-state index contributed by atoms with van der Waals surface area (Å²) in [6, 6.07) is 7.47. The number of rotatable bonds is 5. The van der Waals surface area contributed by atoms with Gasteiger partial charge >= 0.3 is 0 Å². The molecule has 3 rings (SSSR count). The van der Waals surface area contributed by atoms with Crippen molar-refractivity contribution in [2.75, 3.05) is 7.11 Å². The molecule has 7 heteroatoms. The molecule has 1 heterocycles. The Morgan fingerprint density at radius 2 is 2.14 bits per heavy atom. The summed E-state index contributed by atoms with van der Waals surface area (Å²) in [6.07, 6.45) is 3.07. The number of carbonyl (C=O) groups is 1. The van der Waals surface area contributed by atoms with Crippen molar-refractivity contribution in [1.82, 2.24) is 25.9 Å². The fraction of sp³-hybridized carbons (Fsp3) is 0.429. The molecule has 2 N–H and O–H groups in total. The van der Waals surface area contributed by atoms with Crippen LogP contribution in [0.5, 0.6) is 5.75 Å². The summed E-state index contributed by atoms with van der Waals surface area (Å²) in [6.45, 7) is 0. The number of benzene rings is 1. The van der Waals surface area contributed by atoms with Crippen molar-refractivity contribution in [2.24, 2.45) is 0 Å². The van der Waals surface area contributed by atoms with Gasteiger partial charge < -0.3 is 10.1 Å².